The molecule has 0 radical (unpaired) electrons. The molecule has 1 aromatic heterocycles. The summed E-state index contributed by atoms with van der Waals surface area (Å²) in [6.07, 6.45) is 0.498. The molecule has 1 heterocycles. The van der Waals surface area contributed by atoms with Crippen molar-refractivity contribution in [2.75, 3.05) is 0 Å². The summed E-state index contributed by atoms with van der Waals surface area (Å²) in [6.45, 7) is 1.80. The standard InChI is InChI=1S/C12H10F2N2O2/c1-2-9-15-10(17)6-11(16-9)18-8-5-3-4-7(13)12(8)14/h3-6H,2H2,1H3,(H,15,16,17). The van der Waals surface area contributed by atoms with Crippen LogP contribution in [0, 0.1) is 11.6 Å². The first kappa shape index (κ1) is 12.2. The number of aromatic amines is 1. The molecule has 0 saturated carbocycles. The van der Waals surface area contributed by atoms with Gasteiger partial charge in [0, 0.05) is 6.42 Å². The molecule has 0 atom stereocenters. The lowest BCUT2D eigenvalue weighted by Gasteiger charge is -2.06. The highest BCUT2D eigenvalue weighted by Gasteiger charge is 2.11. The number of aryl methyl sites for hydroxylation is 1. The first-order valence-electron chi connectivity index (χ1n) is 5.32. The minimum absolute atomic E-state index is 0.0694. The highest BCUT2D eigenvalue weighted by molar-refractivity contribution is 5.29. The van der Waals surface area contributed by atoms with E-state index in [2.05, 4.69) is 9.97 Å². The molecule has 0 aliphatic heterocycles. The Morgan fingerprint density at radius 3 is 2.89 bits per heavy atom. The lowest BCUT2D eigenvalue weighted by atomic mass is 10.3. The second-order valence-corrected chi connectivity index (χ2v) is 3.54. The van der Waals surface area contributed by atoms with Crippen LogP contribution >= 0.6 is 0 Å². The van der Waals surface area contributed by atoms with Crippen molar-refractivity contribution in [3.8, 4) is 11.6 Å². The van der Waals surface area contributed by atoms with Crippen LogP contribution < -0.4 is 10.3 Å². The number of H-pyrrole nitrogens is 1. The molecule has 94 valence electrons. The van der Waals surface area contributed by atoms with Gasteiger partial charge < -0.3 is 9.72 Å². The Kier molecular flexibility index (Phi) is 3.36. The maximum absolute atomic E-state index is 13.4. The molecule has 0 saturated heterocycles. The number of ether oxygens (including phenoxy) is 1. The lowest BCUT2D eigenvalue weighted by molar-refractivity contribution is 0.403. The Morgan fingerprint density at radius 1 is 1.39 bits per heavy atom. The van der Waals surface area contributed by atoms with E-state index in [1.165, 1.54) is 12.1 Å². The Balaban J connectivity index is 2.37. The third-order valence-corrected chi connectivity index (χ3v) is 2.23. The van der Waals surface area contributed by atoms with Crippen LogP contribution in [0.1, 0.15) is 12.7 Å². The Morgan fingerprint density at radius 2 is 2.17 bits per heavy atom. The molecule has 18 heavy (non-hydrogen) atoms. The maximum atomic E-state index is 13.4. The smallest absolute Gasteiger partial charge is 0.254 e. The van der Waals surface area contributed by atoms with Gasteiger partial charge in [0.15, 0.2) is 11.6 Å². The van der Waals surface area contributed by atoms with Crippen molar-refractivity contribution in [2.24, 2.45) is 0 Å². The summed E-state index contributed by atoms with van der Waals surface area (Å²) in [5, 5.41) is 0. The third kappa shape index (κ3) is 2.53. The molecule has 1 N–H and O–H groups in total. The molecule has 0 unspecified atom stereocenters. The zero-order chi connectivity index (χ0) is 13.1. The summed E-state index contributed by atoms with van der Waals surface area (Å²) in [6, 6.07) is 4.61. The van der Waals surface area contributed by atoms with Crippen LogP contribution in [-0.2, 0) is 6.42 Å². The topological polar surface area (TPSA) is 55.0 Å². The van der Waals surface area contributed by atoms with E-state index >= 15 is 0 Å². The van der Waals surface area contributed by atoms with Crippen LogP contribution in [0.5, 0.6) is 11.6 Å². The Bertz CT molecular complexity index is 626. The van der Waals surface area contributed by atoms with Crippen LogP contribution in [-0.4, -0.2) is 9.97 Å². The summed E-state index contributed by atoms with van der Waals surface area (Å²) < 4.78 is 31.4. The van der Waals surface area contributed by atoms with Gasteiger partial charge >= 0.3 is 0 Å². The number of nitrogens with zero attached hydrogens (tertiary/aromatic N) is 1. The summed E-state index contributed by atoms with van der Waals surface area (Å²) in [4.78, 5) is 17.7. The van der Waals surface area contributed by atoms with Crippen molar-refractivity contribution in [2.45, 2.75) is 13.3 Å². The monoisotopic (exact) mass is 252 g/mol. The Labute approximate surface area is 101 Å². The number of nitrogens with one attached hydrogen (secondary N) is 1. The second kappa shape index (κ2) is 4.95. The number of benzene rings is 1. The fourth-order valence-electron chi connectivity index (χ4n) is 1.38. The predicted octanol–water partition coefficient (Wildman–Crippen LogP) is 2.40. The quantitative estimate of drug-likeness (QED) is 0.912. The van der Waals surface area contributed by atoms with Gasteiger partial charge in [0.05, 0.1) is 6.07 Å². The molecule has 1 aromatic carbocycles. The van der Waals surface area contributed by atoms with E-state index < -0.39 is 17.2 Å². The number of hydrogen-bond donors (Lipinski definition) is 1. The van der Waals surface area contributed by atoms with Crippen molar-refractivity contribution < 1.29 is 13.5 Å². The zero-order valence-electron chi connectivity index (χ0n) is 9.54. The van der Waals surface area contributed by atoms with Crippen molar-refractivity contribution >= 4 is 0 Å². The number of halogens is 2. The largest absolute Gasteiger partial charge is 0.436 e. The van der Waals surface area contributed by atoms with Crippen LogP contribution in [0.2, 0.25) is 0 Å². The van der Waals surface area contributed by atoms with Gasteiger partial charge in [0.2, 0.25) is 11.7 Å². The Hall–Kier alpha value is -2.24. The SMILES string of the molecule is CCc1nc(Oc2cccc(F)c2F)cc(=O)[nH]1. The molecule has 4 nitrogen and oxygen atoms in total. The van der Waals surface area contributed by atoms with E-state index in [1.807, 2.05) is 0 Å². The normalized spacial score (nSPS) is 10.4. The van der Waals surface area contributed by atoms with Gasteiger partial charge in [-0.3, -0.25) is 4.79 Å². The van der Waals surface area contributed by atoms with Gasteiger partial charge in [-0.2, -0.15) is 9.37 Å². The number of aromatic nitrogens is 2. The highest BCUT2D eigenvalue weighted by Crippen LogP contribution is 2.23. The molecule has 0 spiro atoms. The van der Waals surface area contributed by atoms with E-state index in [-0.39, 0.29) is 11.6 Å². The van der Waals surface area contributed by atoms with E-state index in [1.54, 1.807) is 6.92 Å². The molecule has 0 bridgehead atoms. The van der Waals surface area contributed by atoms with E-state index in [4.69, 9.17) is 4.74 Å². The van der Waals surface area contributed by atoms with Gasteiger partial charge in [-0.05, 0) is 12.1 Å². The summed E-state index contributed by atoms with van der Waals surface area (Å²) >= 11 is 0. The van der Waals surface area contributed by atoms with Gasteiger partial charge in [-0.1, -0.05) is 13.0 Å². The molecule has 0 aliphatic rings. The van der Waals surface area contributed by atoms with Crippen molar-refractivity contribution in [3.05, 3.63) is 52.1 Å². The summed E-state index contributed by atoms with van der Waals surface area (Å²) in [7, 11) is 0. The summed E-state index contributed by atoms with van der Waals surface area (Å²) in [5.41, 5.74) is -0.409. The maximum Gasteiger partial charge on any atom is 0.254 e. The molecule has 0 amide bonds. The molecule has 2 rings (SSSR count). The number of hydrogen-bond acceptors (Lipinski definition) is 3. The van der Waals surface area contributed by atoms with Crippen LogP contribution in [0.4, 0.5) is 8.78 Å². The molecule has 0 aliphatic carbocycles. The summed E-state index contributed by atoms with van der Waals surface area (Å²) in [5.74, 6) is -2.10. The van der Waals surface area contributed by atoms with Crippen LogP contribution in [0.15, 0.2) is 29.1 Å². The third-order valence-electron chi connectivity index (χ3n) is 2.23. The molecule has 6 heteroatoms. The predicted molar refractivity (Wildman–Crippen MR) is 60.7 cm³/mol. The lowest BCUT2D eigenvalue weighted by Crippen LogP contribution is -2.10. The highest BCUT2D eigenvalue weighted by atomic mass is 19.2. The average molecular weight is 252 g/mol. The van der Waals surface area contributed by atoms with Gasteiger partial charge in [-0.15, -0.1) is 0 Å². The fraction of sp³-hybridized carbons (Fsp3) is 0.167. The fourth-order valence-corrected chi connectivity index (χ4v) is 1.38. The van der Waals surface area contributed by atoms with Crippen LogP contribution in [0.3, 0.4) is 0 Å². The van der Waals surface area contributed by atoms with Crippen molar-refractivity contribution in [1.29, 1.82) is 0 Å². The van der Waals surface area contributed by atoms with Gasteiger partial charge in [-0.25, -0.2) is 4.39 Å². The van der Waals surface area contributed by atoms with Gasteiger partial charge in [0.25, 0.3) is 5.56 Å². The first-order valence-corrected chi connectivity index (χ1v) is 5.32. The number of rotatable bonds is 3. The van der Waals surface area contributed by atoms with E-state index in [0.717, 1.165) is 12.1 Å². The molecular formula is C12H10F2N2O2. The van der Waals surface area contributed by atoms with E-state index in [0.29, 0.717) is 12.2 Å². The minimum Gasteiger partial charge on any atom is -0.436 e. The van der Waals surface area contributed by atoms with Crippen molar-refractivity contribution in [1.82, 2.24) is 9.97 Å². The minimum atomic E-state index is -1.11. The molecule has 2 aromatic rings. The second-order valence-electron chi connectivity index (χ2n) is 3.54. The van der Waals surface area contributed by atoms with E-state index in [9.17, 15) is 13.6 Å². The molecular weight excluding hydrogens is 242 g/mol. The van der Waals surface area contributed by atoms with Crippen LogP contribution in [0.25, 0.3) is 0 Å². The first-order chi connectivity index (χ1) is 8.60. The van der Waals surface area contributed by atoms with Crippen molar-refractivity contribution in [3.63, 3.8) is 0 Å². The van der Waals surface area contributed by atoms with Gasteiger partial charge in [0.1, 0.15) is 5.82 Å². The average Bonchev–Trinajstić information content (AvgIpc) is 2.34. The molecule has 0 fully saturated rings. The zero-order valence-corrected chi connectivity index (χ0v) is 9.54.